The molecule has 3 aromatic rings. The van der Waals surface area contributed by atoms with Crippen molar-refractivity contribution in [2.75, 3.05) is 26.3 Å². The van der Waals surface area contributed by atoms with Gasteiger partial charge in [-0.25, -0.2) is 13.4 Å². The van der Waals surface area contributed by atoms with Crippen molar-refractivity contribution in [2.45, 2.75) is 38.1 Å². The summed E-state index contributed by atoms with van der Waals surface area (Å²) in [7, 11) is -3.51. The van der Waals surface area contributed by atoms with Crippen LogP contribution < -0.4 is 5.32 Å². The second-order valence-corrected chi connectivity index (χ2v) is 12.0. The minimum Gasteiger partial charge on any atom is -0.379 e. The van der Waals surface area contributed by atoms with Crippen molar-refractivity contribution in [2.24, 2.45) is 0 Å². The zero-order chi connectivity index (χ0) is 22.9. The van der Waals surface area contributed by atoms with Crippen LogP contribution in [0.5, 0.6) is 0 Å². The fourth-order valence-electron chi connectivity index (χ4n) is 3.68. The molecule has 8 nitrogen and oxygen atoms in total. The molecule has 1 aliphatic rings. The number of carbonyl (C=O) groups is 1. The summed E-state index contributed by atoms with van der Waals surface area (Å²) in [4.78, 5) is 18.0. The monoisotopic (exact) mass is 494 g/mol. The van der Waals surface area contributed by atoms with E-state index in [1.165, 1.54) is 15.6 Å². The van der Waals surface area contributed by atoms with Crippen LogP contribution in [0, 0.1) is 20.8 Å². The normalized spacial score (nSPS) is 15.2. The van der Waals surface area contributed by atoms with Crippen LogP contribution in [0.1, 0.15) is 21.3 Å². The van der Waals surface area contributed by atoms with Gasteiger partial charge in [0.15, 0.2) is 0 Å². The van der Waals surface area contributed by atoms with Gasteiger partial charge in [-0.2, -0.15) is 4.31 Å². The number of hydrogen-bond donors (Lipinski definition) is 1. The van der Waals surface area contributed by atoms with Gasteiger partial charge in [0, 0.05) is 40.3 Å². The summed E-state index contributed by atoms with van der Waals surface area (Å²) in [6.45, 7) is 7.99. The quantitative estimate of drug-likeness (QED) is 0.545. The Balaban J connectivity index is 1.38. The second kappa shape index (κ2) is 9.44. The van der Waals surface area contributed by atoms with Crippen LogP contribution in [0.15, 0.2) is 27.8 Å². The van der Waals surface area contributed by atoms with E-state index in [4.69, 9.17) is 4.74 Å². The van der Waals surface area contributed by atoms with Crippen LogP contribution in [0.2, 0.25) is 0 Å². The first-order chi connectivity index (χ1) is 15.3. The summed E-state index contributed by atoms with van der Waals surface area (Å²) in [6.07, 6.45) is 0. The van der Waals surface area contributed by atoms with Crippen LogP contribution >= 0.6 is 22.7 Å². The highest BCUT2D eigenvalue weighted by Gasteiger charge is 2.27. The zero-order valence-corrected chi connectivity index (χ0v) is 20.7. The number of morpholine rings is 1. The van der Waals surface area contributed by atoms with Gasteiger partial charge in [-0.15, -0.1) is 22.7 Å². The van der Waals surface area contributed by atoms with E-state index in [1.807, 2.05) is 30.7 Å². The Kier molecular flexibility index (Phi) is 6.82. The molecule has 32 heavy (non-hydrogen) atoms. The highest BCUT2D eigenvalue weighted by Crippen LogP contribution is 2.28. The number of hydrogen-bond acceptors (Lipinski definition) is 7. The highest BCUT2D eigenvalue weighted by molar-refractivity contribution is 7.91. The lowest BCUT2D eigenvalue weighted by atomic mass is 10.2. The molecule has 11 heteroatoms. The summed E-state index contributed by atoms with van der Waals surface area (Å²) < 4.78 is 34.5. The number of carbonyl (C=O) groups excluding carboxylic acids is 1. The van der Waals surface area contributed by atoms with Crippen molar-refractivity contribution in [1.82, 2.24) is 19.2 Å². The van der Waals surface area contributed by atoms with Crippen molar-refractivity contribution in [3.05, 3.63) is 44.9 Å². The zero-order valence-electron chi connectivity index (χ0n) is 18.3. The lowest BCUT2D eigenvalue weighted by Crippen LogP contribution is -2.40. The lowest BCUT2D eigenvalue weighted by Gasteiger charge is -2.25. The van der Waals surface area contributed by atoms with E-state index < -0.39 is 10.0 Å². The lowest BCUT2D eigenvalue weighted by molar-refractivity contribution is -0.121. The molecule has 1 fully saturated rings. The van der Waals surface area contributed by atoms with Crippen LogP contribution in [0.3, 0.4) is 0 Å². The SMILES string of the molecule is Cc1nc(-c2cc(C)n(CC(=O)NCc3ccc(S(=O)(=O)N4CCOCC4)s3)c2C)cs1. The molecule has 0 spiro atoms. The molecule has 1 amide bonds. The number of ether oxygens (including phenoxy) is 1. The van der Waals surface area contributed by atoms with E-state index in [9.17, 15) is 13.2 Å². The number of thiazole rings is 1. The van der Waals surface area contributed by atoms with Crippen LogP contribution in [0.4, 0.5) is 0 Å². The van der Waals surface area contributed by atoms with Gasteiger partial charge < -0.3 is 14.6 Å². The predicted molar refractivity (Wildman–Crippen MR) is 125 cm³/mol. The van der Waals surface area contributed by atoms with Crippen LogP contribution in [-0.4, -0.2) is 54.5 Å². The van der Waals surface area contributed by atoms with Gasteiger partial charge in [0.2, 0.25) is 5.91 Å². The summed E-state index contributed by atoms with van der Waals surface area (Å²) in [5.41, 5.74) is 3.96. The smallest absolute Gasteiger partial charge is 0.252 e. The molecule has 0 atom stereocenters. The molecule has 172 valence electrons. The highest BCUT2D eigenvalue weighted by atomic mass is 32.2. The van der Waals surface area contributed by atoms with Gasteiger partial charge in [0.05, 0.1) is 30.5 Å². The number of nitrogens with one attached hydrogen (secondary N) is 1. The van der Waals surface area contributed by atoms with Gasteiger partial charge in [-0.1, -0.05) is 0 Å². The molecule has 1 N–H and O–H groups in total. The predicted octanol–water partition coefficient (Wildman–Crippen LogP) is 2.94. The molecular weight excluding hydrogens is 468 g/mol. The Morgan fingerprint density at radius 1 is 1.22 bits per heavy atom. The summed E-state index contributed by atoms with van der Waals surface area (Å²) in [5, 5.41) is 5.94. The topological polar surface area (TPSA) is 93.5 Å². The van der Waals surface area contributed by atoms with E-state index >= 15 is 0 Å². The minimum atomic E-state index is -3.51. The van der Waals surface area contributed by atoms with E-state index in [1.54, 1.807) is 23.5 Å². The number of rotatable bonds is 7. The van der Waals surface area contributed by atoms with Crippen molar-refractivity contribution < 1.29 is 17.9 Å². The maximum Gasteiger partial charge on any atom is 0.252 e. The van der Waals surface area contributed by atoms with Crippen LogP contribution in [0.25, 0.3) is 11.3 Å². The molecule has 0 aliphatic carbocycles. The fraction of sp³-hybridized carbons (Fsp3) is 0.429. The van der Waals surface area contributed by atoms with E-state index in [2.05, 4.69) is 16.4 Å². The second-order valence-electron chi connectivity index (χ2n) is 7.64. The molecule has 1 aliphatic heterocycles. The molecule has 0 unspecified atom stereocenters. The van der Waals surface area contributed by atoms with E-state index in [-0.39, 0.29) is 12.5 Å². The molecule has 0 saturated carbocycles. The number of sulfonamides is 1. The Bertz CT molecular complexity index is 1220. The molecule has 4 rings (SSSR count). The van der Waals surface area contributed by atoms with Gasteiger partial charge in [0.25, 0.3) is 10.0 Å². The standard InChI is InChI=1S/C21H26N4O4S3/c1-14-10-18(19-13-30-16(3)23-19)15(2)25(14)12-20(26)22-11-17-4-5-21(31-17)32(27,28)24-6-8-29-9-7-24/h4-5,10,13H,6-9,11-12H2,1-3H3,(H,22,26). The third kappa shape index (κ3) is 4.81. The van der Waals surface area contributed by atoms with Gasteiger partial charge in [0.1, 0.15) is 10.8 Å². The average Bonchev–Trinajstić information content (AvgIpc) is 3.49. The first-order valence-corrected chi connectivity index (χ1v) is 13.4. The summed E-state index contributed by atoms with van der Waals surface area (Å²) >= 11 is 2.80. The van der Waals surface area contributed by atoms with Gasteiger partial charge in [-0.05, 0) is 39.0 Å². The largest absolute Gasteiger partial charge is 0.379 e. The summed E-state index contributed by atoms with van der Waals surface area (Å²) in [5.74, 6) is -0.126. The minimum absolute atomic E-state index is 0.126. The number of aromatic nitrogens is 2. The van der Waals surface area contributed by atoms with Crippen LogP contribution in [-0.2, 0) is 32.6 Å². The molecular formula is C21H26N4O4S3. The molecule has 0 aromatic carbocycles. The number of thiophene rings is 1. The molecule has 0 radical (unpaired) electrons. The Morgan fingerprint density at radius 2 is 1.97 bits per heavy atom. The van der Waals surface area contributed by atoms with Crippen molar-refractivity contribution >= 4 is 38.6 Å². The Hall–Kier alpha value is -2.05. The maximum absolute atomic E-state index is 12.8. The summed E-state index contributed by atoms with van der Waals surface area (Å²) in [6, 6.07) is 5.42. The third-order valence-corrected chi connectivity index (χ3v) is 9.66. The van der Waals surface area contributed by atoms with Crippen molar-refractivity contribution in [3.8, 4) is 11.3 Å². The number of nitrogens with zero attached hydrogens (tertiary/aromatic N) is 3. The average molecular weight is 495 g/mol. The Labute approximate surface area is 195 Å². The fourth-order valence-corrected chi connectivity index (χ4v) is 7.15. The molecule has 4 heterocycles. The van der Waals surface area contributed by atoms with Gasteiger partial charge >= 0.3 is 0 Å². The number of amides is 1. The van der Waals surface area contributed by atoms with Crippen molar-refractivity contribution in [1.29, 1.82) is 0 Å². The van der Waals surface area contributed by atoms with Crippen molar-refractivity contribution in [3.63, 3.8) is 0 Å². The third-order valence-electron chi connectivity index (χ3n) is 5.43. The molecule has 1 saturated heterocycles. The number of aryl methyl sites for hydroxylation is 2. The molecule has 3 aromatic heterocycles. The maximum atomic E-state index is 12.8. The van der Waals surface area contributed by atoms with Gasteiger partial charge in [-0.3, -0.25) is 4.79 Å². The van der Waals surface area contributed by atoms with E-state index in [0.717, 1.165) is 32.5 Å². The molecule has 0 bridgehead atoms. The first-order valence-electron chi connectivity index (χ1n) is 10.3. The van der Waals surface area contributed by atoms with E-state index in [0.29, 0.717) is 37.1 Å². The first kappa shape index (κ1) is 23.1. The Morgan fingerprint density at radius 3 is 2.66 bits per heavy atom.